The van der Waals surface area contributed by atoms with Crippen LogP contribution in [0.15, 0.2) is 12.3 Å². The lowest BCUT2D eigenvalue weighted by molar-refractivity contribution is -0.150. The van der Waals surface area contributed by atoms with E-state index in [4.69, 9.17) is 16.7 Å². The fraction of sp³-hybridized carbons (Fsp3) is 0.500. The fourth-order valence-electron chi connectivity index (χ4n) is 2.34. The molecule has 1 aliphatic rings. The van der Waals surface area contributed by atoms with Crippen molar-refractivity contribution in [2.75, 3.05) is 31.1 Å². The first-order chi connectivity index (χ1) is 11.1. The molecule has 2 heterocycles. The molecule has 132 valence electrons. The molecule has 0 spiro atoms. The Kier molecular flexibility index (Phi) is 5.22. The van der Waals surface area contributed by atoms with Crippen LogP contribution in [-0.4, -0.2) is 53.0 Å². The van der Waals surface area contributed by atoms with Gasteiger partial charge < -0.3 is 14.9 Å². The molecule has 0 bridgehead atoms. The number of pyridine rings is 1. The molecule has 0 radical (unpaired) electrons. The Morgan fingerprint density at radius 3 is 2.33 bits per heavy atom. The van der Waals surface area contributed by atoms with Crippen molar-refractivity contribution in [3.63, 3.8) is 0 Å². The number of piperazine rings is 1. The van der Waals surface area contributed by atoms with E-state index in [0.29, 0.717) is 19.3 Å². The van der Waals surface area contributed by atoms with Crippen molar-refractivity contribution in [2.45, 2.75) is 13.1 Å². The maximum atomic E-state index is 12.6. The lowest BCUT2D eigenvalue weighted by atomic mass is 10.1. The van der Waals surface area contributed by atoms with Crippen LogP contribution in [0.3, 0.4) is 0 Å². The van der Waals surface area contributed by atoms with Gasteiger partial charge in [-0.2, -0.15) is 13.2 Å². The number of hydrogen-bond donors (Lipinski definition) is 1. The normalized spacial score (nSPS) is 16.9. The zero-order valence-corrected chi connectivity index (χ0v) is 13.4. The van der Waals surface area contributed by atoms with Crippen LogP contribution >= 0.6 is 11.6 Å². The number of carbonyl (C=O) groups excluding carboxylic acids is 1. The van der Waals surface area contributed by atoms with E-state index in [-0.39, 0.29) is 23.9 Å². The van der Waals surface area contributed by atoms with Crippen molar-refractivity contribution < 1.29 is 27.9 Å². The zero-order chi connectivity index (χ0) is 18.1. The Morgan fingerprint density at radius 2 is 1.88 bits per heavy atom. The first-order valence-corrected chi connectivity index (χ1v) is 7.48. The van der Waals surface area contributed by atoms with Gasteiger partial charge in [-0.1, -0.05) is 11.6 Å². The van der Waals surface area contributed by atoms with Crippen molar-refractivity contribution in [1.82, 2.24) is 9.88 Å². The molecule has 10 heteroatoms. The molecule has 1 fully saturated rings. The van der Waals surface area contributed by atoms with Crippen LogP contribution in [0.2, 0.25) is 5.02 Å². The summed E-state index contributed by atoms with van der Waals surface area (Å²) in [6.07, 6.45) is -3.81. The maximum Gasteiger partial charge on any atom is 0.417 e. The summed E-state index contributed by atoms with van der Waals surface area (Å²) >= 11 is 5.90. The molecule has 1 N–H and O–H groups in total. The average molecular weight is 366 g/mol. The van der Waals surface area contributed by atoms with Crippen LogP contribution < -0.4 is 4.90 Å². The Balaban J connectivity index is 2.05. The number of carboxylic acid groups (broad SMARTS) is 1. The van der Waals surface area contributed by atoms with E-state index >= 15 is 0 Å². The number of hydrogen-bond acceptors (Lipinski definition) is 4. The summed E-state index contributed by atoms with van der Waals surface area (Å²) in [6.45, 7) is 2.41. The molecule has 1 aromatic rings. The Morgan fingerprint density at radius 1 is 1.29 bits per heavy atom. The minimum Gasteiger partial charge on any atom is -0.481 e. The molecule has 0 saturated carbocycles. The smallest absolute Gasteiger partial charge is 0.417 e. The van der Waals surface area contributed by atoms with Crippen LogP contribution in [0.1, 0.15) is 12.5 Å². The third-order valence-corrected chi connectivity index (χ3v) is 4.06. The molecule has 0 aromatic carbocycles. The molecule has 6 nitrogen and oxygen atoms in total. The second-order valence-corrected chi connectivity index (χ2v) is 5.81. The van der Waals surface area contributed by atoms with E-state index in [0.717, 1.165) is 6.07 Å². The standard InChI is InChI=1S/C14H15ClF3N3O3/c1-8(13(23)24)12(22)21-4-2-20(3-5-21)11-10(15)6-9(7-19-11)14(16,17)18/h6-8H,2-5H2,1H3,(H,23,24). The SMILES string of the molecule is CC(C(=O)O)C(=O)N1CCN(c2ncc(C(F)(F)F)cc2Cl)CC1. The van der Waals surface area contributed by atoms with Crippen molar-refractivity contribution >= 4 is 29.3 Å². The first kappa shape index (κ1) is 18.3. The first-order valence-electron chi connectivity index (χ1n) is 7.10. The van der Waals surface area contributed by atoms with Gasteiger partial charge >= 0.3 is 12.1 Å². The summed E-state index contributed by atoms with van der Waals surface area (Å²) < 4.78 is 37.9. The average Bonchev–Trinajstić information content (AvgIpc) is 2.52. The van der Waals surface area contributed by atoms with Gasteiger partial charge in [0.25, 0.3) is 0 Å². The summed E-state index contributed by atoms with van der Waals surface area (Å²) in [7, 11) is 0. The van der Waals surface area contributed by atoms with Gasteiger partial charge in [0.1, 0.15) is 11.7 Å². The second-order valence-electron chi connectivity index (χ2n) is 5.40. The van der Waals surface area contributed by atoms with Gasteiger partial charge in [0.15, 0.2) is 0 Å². The largest absolute Gasteiger partial charge is 0.481 e. The molecule has 1 atom stereocenters. The number of carboxylic acids is 1. The lowest BCUT2D eigenvalue weighted by Crippen LogP contribution is -2.51. The summed E-state index contributed by atoms with van der Waals surface area (Å²) in [5.41, 5.74) is -0.930. The Labute approximate surface area is 140 Å². The quantitative estimate of drug-likeness (QED) is 0.831. The topological polar surface area (TPSA) is 73.7 Å². The number of alkyl halides is 3. The number of anilines is 1. The summed E-state index contributed by atoms with van der Waals surface area (Å²) in [5.74, 6) is -2.61. The highest BCUT2D eigenvalue weighted by Gasteiger charge is 2.33. The van der Waals surface area contributed by atoms with E-state index in [1.54, 1.807) is 4.90 Å². The molecule has 1 unspecified atom stereocenters. The van der Waals surface area contributed by atoms with Crippen LogP contribution in [-0.2, 0) is 15.8 Å². The van der Waals surface area contributed by atoms with E-state index in [1.807, 2.05) is 0 Å². The van der Waals surface area contributed by atoms with E-state index in [2.05, 4.69) is 4.98 Å². The van der Waals surface area contributed by atoms with E-state index in [9.17, 15) is 22.8 Å². The molecule has 1 saturated heterocycles. The number of rotatable bonds is 3. The van der Waals surface area contributed by atoms with Gasteiger partial charge in [-0.25, -0.2) is 4.98 Å². The summed E-state index contributed by atoms with van der Waals surface area (Å²) in [5, 5.41) is 8.74. The molecule has 1 aliphatic heterocycles. The number of halogens is 4. The van der Waals surface area contributed by atoms with Crippen LogP contribution in [0.25, 0.3) is 0 Å². The molecular weight excluding hydrogens is 351 g/mol. The Bertz CT molecular complexity index is 646. The highest BCUT2D eigenvalue weighted by molar-refractivity contribution is 6.33. The molecule has 2 rings (SSSR count). The monoisotopic (exact) mass is 365 g/mol. The minimum atomic E-state index is -4.52. The molecular formula is C14H15ClF3N3O3. The van der Waals surface area contributed by atoms with Crippen LogP contribution in [0.5, 0.6) is 0 Å². The molecule has 1 aromatic heterocycles. The maximum absolute atomic E-state index is 12.6. The van der Waals surface area contributed by atoms with Gasteiger partial charge in [0.2, 0.25) is 5.91 Å². The highest BCUT2D eigenvalue weighted by Crippen LogP contribution is 2.33. The van der Waals surface area contributed by atoms with Gasteiger partial charge in [-0.05, 0) is 13.0 Å². The van der Waals surface area contributed by atoms with Gasteiger partial charge in [0.05, 0.1) is 10.6 Å². The van der Waals surface area contributed by atoms with Crippen molar-refractivity contribution in [2.24, 2.45) is 5.92 Å². The predicted octanol–water partition coefficient (Wildman–Crippen LogP) is 2.12. The van der Waals surface area contributed by atoms with Crippen molar-refractivity contribution in [3.8, 4) is 0 Å². The molecule has 24 heavy (non-hydrogen) atoms. The third-order valence-electron chi connectivity index (χ3n) is 3.78. The van der Waals surface area contributed by atoms with E-state index in [1.165, 1.54) is 11.8 Å². The lowest BCUT2D eigenvalue weighted by Gasteiger charge is -2.36. The van der Waals surface area contributed by atoms with Crippen LogP contribution in [0.4, 0.5) is 19.0 Å². The minimum absolute atomic E-state index is 0.122. The van der Waals surface area contributed by atoms with Crippen LogP contribution in [0, 0.1) is 5.92 Å². The zero-order valence-electron chi connectivity index (χ0n) is 12.7. The number of aliphatic carboxylic acids is 1. The summed E-state index contributed by atoms with van der Waals surface area (Å²) in [4.78, 5) is 29.7. The van der Waals surface area contributed by atoms with Gasteiger partial charge in [-0.3, -0.25) is 9.59 Å². The summed E-state index contributed by atoms with van der Waals surface area (Å²) in [6, 6.07) is 0.813. The van der Waals surface area contributed by atoms with Gasteiger partial charge in [0, 0.05) is 32.4 Å². The number of nitrogens with zero attached hydrogens (tertiary/aromatic N) is 3. The Hall–Kier alpha value is -2.03. The third kappa shape index (κ3) is 3.89. The number of carbonyl (C=O) groups is 2. The predicted molar refractivity (Wildman–Crippen MR) is 79.8 cm³/mol. The number of amides is 1. The molecule has 0 aliphatic carbocycles. The van der Waals surface area contributed by atoms with E-state index < -0.39 is 29.5 Å². The van der Waals surface area contributed by atoms with Crippen molar-refractivity contribution in [3.05, 3.63) is 22.8 Å². The second kappa shape index (κ2) is 6.84. The fourth-order valence-corrected chi connectivity index (χ4v) is 2.62. The van der Waals surface area contributed by atoms with Gasteiger partial charge in [-0.15, -0.1) is 0 Å². The number of aromatic nitrogens is 1. The van der Waals surface area contributed by atoms with Crippen molar-refractivity contribution in [1.29, 1.82) is 0 Å². The molecule has 1 amide bonds. The highest BCUT2D eigenvalue weighted by atomic mass is 35.5.